The van der Waals surface area contributed by atoms with E-state index in [2.05, 4.69) is 0 Å². The van der Waals surface area contributed by atoms with Crippen molar-refractivity contribution < 1.29 is 14.3 Å². The number of carbonyl (C=O) groups excluding carboxylic acids is 1. The second-order valence-corrected chi connectivity index (χ2v) is 6.56. The molecule has 2 aromatic rings. The Morgan fingerprint density at radius 3 is 2.46 bits per heavy atom. The average molecular weight is 358 g/mol. The quantitative estimate of drug-likeness (QED) is 0.550. The van der Waals surface area contributed by atoms with Crippen LogP contribution in [0.15, 0.2) is 36.4 Å². The first-order chi connectivity index (χ1) is 11.1. The molecule has 24 heavy (non-hydrogen) atoms. The van der Waals surface area contributed by atoms with Crippen LogP contribution < -0.4 is 14.8 Å². The molecular weight excluding hydrogens is 338 g/mol. The van der Waals surface area contributed by atoms with Crippen LogP contribution in [0.4, 0.5) is 0 Å². The van der Waals surface area contributed by atoms with Gasteiger partial charge in [0.1, 0.15) is 11.5 Å². The van der Waals surface area contributed by atoms with Crippen LogP contribution in [0.2, 0.25) is 5.02 Å². The van der Waals surface area contributed by atoms with Crippen LogP contribution in [0.5, 0.6) is 11.5 Å². The molecule has 6 heteroatoms. The fraction of sp³-hybridized carbons (Fsp3) is 0.278. The predicted octanol–water partition coefficient (Wildman–Crippen LogP) is 4.21. The number of halogens is 1. The summed E-state index contributed by atoms with van der Waals surface area (Å²) in [5, 5.41) is 1.35. The zero-order valence-corrected chi connectivity index (χ0v) is 16.2. The van der Waals surface area contributed by atoms with Gasteiger partial charge in [0.15, 0.2) is 5.52 Å². The maximum Gasteiger partial charge on any atom is 0.187 e. The van der Waals surface area contributed by atoms with Gasteiger partial charge in [-0.25, -0.2) is 0 Å². The number of aryl methyl sites for hydroxylation is 1. The third-order valence-electron chi connectivity index (χ3n) is 3.26. The first kappa shape index (κ1) is 21.1. The summed E-state index contributed by atoms with van der Waals surface area (Å²) in [4.78, 5) is 12.7. The summed E-state index contributed by atoms with van der Waals surface area (Å²) in [6.45, 7) is 6.86. The summed E-state index contributed by atoms with van der Waals surface area (Å²) in [7, 11) is -0.0483. The number of carbonyl (C=O) groups is 1. The van der Waals surface area contributed by atoms with Crippen molar-refractivity contribution in [3.05, 3.63) is 52.5 Å². The summed E-state index contributed by atoms with van der Waals surface area (Å²) in [5.41, 5.74) is 1.49. The maximum atomic E-state index is 12.7. The first-order valence-electron chi connectivity index (χ1n) is 7.52. The summed E-state index contributed by atoms with van der Waals surface area (Å²) < 4.78 is 11.2. The van der Waals surface area contributed by atoms with E-state index in [1.807, 2.05) is 51.1 Å². The minimum atomic E-state index is -0.0483. The van der Waals surface area contributed by atoms with Gasteiger partial charge >= 0.3 is 0 Å². The molecule has 123 valence electrons. The fourth-order valence-electron chi connectivity index (χ4n) is 2.24. The molecule has 0 saturated heterocycles. The molecule has 0 spiro atoms. The summed E-state index contributed by atoms with van der Waals surface area (Å²) in [6.07, 6.45) is 0. The predicted molar refractivity (Wildman–Crippen MR) is 103 cm³/mol. The summed E-state index contributed by atoms with van der Waals surface area (Å²) in [6, 6.07) is 11.1. The Morgan fingerprint density at radius 2 is 1.83 bits per heavy atom. The molecule has 0 aliphatic carbocycles. The number of hydrogen-bond acceptors (Lipinski definition) is 3. The van der Waals surface area contributed by atoms with Crippen LogP contribution >= 0.6 is 20.2 Å². The fourth-order valence-corrected chi connectivity index (χ4v) is 3.76. The molecule has 0 amide bonds. The molecule has 0 aliphatic heterocycles. The van der Waals surface area contributed by atoms with Crippen LogP contribution in [-0.4, -0.2) is 37.6 Å². The zero-order valence-electron chi connectivity index (χ0n) is 14.5. The van der Waals surface area contributed by atoms with Gasteiger partial charge in [0.05, 0.1) is 18.2 Å². The first-order valence-corrected chi connectivity index (χ1v) is 8.90. The van der Waals surface area contributed by atoms with Gasteiger partial charge in [-0.05, 0) is 53.1 Å². The molecular formula is C18H20ClLiO3P. The molecule has 0 aromatic heterocycles. The average Bonchev–Trinajstić information content (AvgIpc) is 2.50. The minimum absolute atomic E-state index is 0. The van der Waals surface area contributed by atoms with Crippen molar-refractivity contribution in [2.45, 2.75) is 20.8 Å². The largest absolute Gasteiger partial charge is 0.494 e. The van der Waals surface area contributed by atoms with Crippen molar-refractivity contribution >= 4 is 49.9 Å². The Hall–Kier alpha value is -0.973. The van der Waals surface area contributed by atoms with Gasteiger partial charge in [0, 0.05) is 35.8 Å². The Bertz CT molecular complexity index is 686. The van der Waals surface area contributed by atoms with E-state index in [0.29, 0.717) is 29.5 Å². The van der Waals surface area contributed by atoms with Crippen molar-refractivity contribution in [1.82, 2.24) is 0 Å². The smallest absolute Gasteiger partial charge is 0.187 e. The number of hydrogen-bond donors (Lipinski definition) is 0. The van der Waals surface area contributed by atoms with Crippen molar-refractivity contribution in [2.24, 2.45) is 0 Å². The molecule has 0 aliphatic rings. The van der Waals surface area contributed by atoms with Crippen molar-refractivity contribution in [3.63, 3.8) is 0 Å². The van der Waals surface area contributed by atoms with E-state index in [1.54, 1.807) is 6.07 Å². The van der Waals surface area contributed by atoms with Gasteiger partial charge in [-0.2, -0.15) is 0 Å². The van der Waals surface area contributed by atoms with E-state index in [0.717, 1.165) is 16.6 Å². The van der Waals surface area contributed by atoms with Gasteiger partial charge in [0.2, 0.25) is 0 Å². The summed E-state index contributed by atoms with van der Waals surface area (Å²) >= 11 is 6.19. The van der Waals surface area contributed by atoms with E-state index in [4.69, 9.17) is 21.1 Å². The Morgan fingerprint density at radius 1 is 1.12 bits per heavy atom. The SMILES string of the molecule is CCOc1ccc(PC(=O)c2c(C)cccc2Cl)c(OCC)c1.[Li]. The standard InChI is InChI=1S/C18H20ClO3P.Li/c1-4-21-13-9-10-16(15(11-13)22-5-2)23-18(20)17-12(3)7-6-8-14(17)19;/h6-11,23H,4-5H2,1-3H3;. The summed E-state index contributed by atoms with van der Waals surface area (Å²) in [5.74, 6) is 1.43. The Kier molecular flexibility index (Phi) is 8.88. The third kappa shape index (κ3) is 5.26. The molecule has 2 aromatic carbocycles. The Balaban J connectivity index is 0.00000288. The number of ether oxygens (including phenoxy) is 2. The molecule has 1 unspecified atom stereocenters. The number of rotatable bonds is 7. The molecule has 0 bridgehead atoms. The van der Waals surface area contributed by atoms with Crippen LogP contribution in [0.1, 0.15) is 29.8 Å². The topological polar surface area (TPSA) is 35.5 Å². The Labute approximate surface area is 162 Å². The van der Waals surface area contributed by atoms with Crippen LogP contribution in [0, 0.1) is 6.92 Å². The van der Waals surface area contributed by atoms with Crippen molar-refractivity contribution in [1.29, 1.82) is 0 Å². The van der Waals surface area contributed by atoms with E-state index in [-0.39, 0.29) is 33.0 Å². The van der Waals surface area contributed by atoms with Crippen LogP contribution in [0.25, 0.3) is 0 Å². The van der Waals surface area contributed by atoms with Crippen LogP contribution in [-0.2, 0) is 0 Å². The monoisotopic (exact) mass is 357 g/mol. The third-order valence-corrected chi connectivity index (χ3v) is 4.74. The van der Waals surface area contributed by atoms with Gasteiger partial charge in [-0.3, -0.25) is 4.79 Å². The second-order valence-electron chi connectivity index (χ2n) is 4.91. The molecule has 0 heterocycles. The van der Waals surface area contributed by atoms with Crippen molar-refractivity contribution in [2.75, 3.05) is 13.2 Å². The van der Waals surface area contributed by atoms with E-state index >= 15 is 0 Å². The van der Waals surface area contributed by atoms with E-state index < -0.39 is 0 Å². The van der Waals surface area contributed by atoms with Crippen molar-refractivity contribution in [3.8, 4) is 11.5 Å². The zero-order chi connectivity index (χ0) is 16.8. The van der Waals surface area contributed by atoms with Gasteiger partial charge in [0.25, 0.3) is 0 Å². The molecule has 1 atom stereocenters. The van der Waals surface area contributed by atoms with Gasteiger partial charge in [-0.15, -0.1) is 0 Å². The van der Waals surface area contributed by atoms with E-state index in [9.17, 15) is 4.79 Å². The van der Waals surface area contributed by atoms with Crippen LogP contribution in [0.3, 0.4) is 0 Å². The normalized spacial score (nSPS) is 10.5. The molecule has 0 saturated carbocycles. The molecule has 0 fully saturated rings. The van der Waals surface area contributed by atoms with Gasteiger partial charge in [-0.1, -0.05) is 23.7 Å². The second kappa shape index (κ2) is 10.1. The minimum Gasteiger partial charge on any atom is -0.494 e. The molecule has 2 rings (SSSR count). The molecule has 3 nitrogen and oxygen atoms in total. The maximum absolute atomic E-state index is 12.7. The molecule has 0 N–H and O–H groups in total. The number of benzene rings is 2. The van der Waals surface area contributed by atoms with E-state index in [1.165, 1.54) is 0 Å². The van der Waals surface area contributed by atoms with Gasteiger partial charge < -0.3 is 9.47 Å². The molecule has 1 radical (unpaired) electrons.